The van der Waals surface area contributed by atoms with E-state index in [-0.39, 0.29) is 74.8 Å². The van der Waals surface area contributed by atoms with Crippen molar-refractivity contribution in [2.24, 2.45) is 27.9 Å². The number of nitrogens with two attached hydrogens (primary N) is 4. The van der Waals surface area contributed by atoms with Crippen LogP contribution in [-0.4, -0.2) is 160 Å². The Morgan fingerprint density at radius 2 is 1.36 bits per heavy atom. The lowest BCUT2D eigenvalue weighted by Crippen LogP contribution is -2.61. The van der Waals surface area contributed by atoms with Crippen LogP contribution in [0.3, 0.4) is 0 Å². The molecule has 4 rings (SSSR count). The van der Waals surface area contributed by atoms with E-state index in [0.717, 1.165) is 21.6 Å². The van der Waals surface area contributed by atoms with E-state index in [4.69, 9.17) is 22.9 Å². The number of primary amides is 2. The highest BCUT2D eigenvalue weighted by molar-refractivity contribution is 8.76. The molecular formula is C46H63N13O13S2. The third-order valence-corrected chi connectivity index (χ3v) is 13.9. The van der Waals surface area contributed by atoms with Gasteiger partial charge in [0.15, 0.2) is 5.96 Å². The van der Waals surface area contributed by atoms with E-state index in [9.17, 15) is 63.0 Å². The quantitative estimate of drug-likeness (QED) is 0.0278. The number of guanidine groups is 1. The van der Waals surface area contributed by atoms with Gasteiger partial charge in [-0.05, 0) is 55.4 Å². The monoisotopic (exact) mass is 1070 g/mol. The second kappa shape index (κ2) is 29.8. The van der Waals surface area contributed by atoms with E-state index < -0.39 is 133 Å². The number of likely N-dealkylation sites (tertiary alicyclic amines) is 1. The maximum absolute atomic E-state index is 14.5. The van der Waals surface area contributed by atoms with Gasteiger partial charge in [-0.25, -0.2) is 0 Å². The van der Waals surface area contributed by atoms with Crippen molar-refractivity contribution in [2.75, 3.05) is 31.1 Å². The fourth-order valence-electron chi connectivity index (χ4n) is 7.76. The van der Waals surface area contributed by atoms with Gasteiger partial charge in [-0.3, -0.25) is 57.7 Å². The first kappa shape index (κ1) is 58.9. The highest BCUT2D eigenvalue weighted by Crippen LogP contribution is 2.26. The third-order valence-electron chi connectivity index (χ3n) is 11.5. The Labute approximate surface area is 433 Å². The summed E-state index contributed by atoms with van der Waals surface area (Å²) in [6.07, 6.45) is -1.79. The number of phenols is 1. The molecule has 0 aromatic heterocycles. The number of nitrogens with one attached hydrogen (secondary N) is 7. The zero-order valence-electron chi connectivity index (χ0n) is 40.2. The summed E-state index contributed by atoms with van der Waals surface area (Å²) < 4.78 is 0. The number of nitrogens with zero attached hydrogens (tertiary/aromatic N) is 2. The number of carboxylic acid groups (broad SMARTS) is 1. The van der Waals surface area contributed by atoms with E-state index in [0.29, 0.717) is 17.5 Å². The molecule has 0 aliphatic carbocycles. The molecule has 0 radical (unpaired) electrons. The maximum atomic E-state index is 14.5. The number of hydrogen-bond acceptors (Lipinski definition) is 15. The number of benzene rings is 2. The molecule has 74 heavy (non-hydrogen) atoms. The van der Waals surface area contributed by atoms with Crippen LogP contribution >= 0.6 is 21.6 Å². The SMILES string of the molecule is NC(=O)CNC(=O)[C@@H](CCCN=C(N)N)NC(=O)[C@@H]1CCCN1C(=O)[C@@H]1CSSCCC(=O)N[C@@H](Cc2ccc(O)cc2)C(=O)N[C@@H](Cc2ccccc2)C(=O)N[C@@H](CCC(=O)O)C(=O)N[C@@H](CC(N)=O)C(=O)N1. The van der Waals surface area contributed by atoms with Gasteiger partial charge in [0.05, 0.1) is 13.0 Å². The average molecular weight is 1070 g/mol. The van der Waals surface area contributed by atoms with Crippen LogP contribution < -0.4 is 60.2 Å². The van der Waals surface area contributed by atoms with Crippen LogP contribution in [0.15, 0.2) is 59.6 Å². The summed E-state index contributed by atoms with van der Waals surface area (Å²) in [5.74, 6) is -10.5. The summed E-state index contributed by atoms with van der Waals surface area (Å²) >= 11 is 0. The lowest BCUT2D eigenvalue weighted by Gasteiger charge is -2.31. The van der Waals surface area contributed by atoms with Crippen molar-refractivity contribution in [3.63, 3.8) is 0 Å². The molecule has 2 saturated heterocycles. The normalized spacial score (nSPS) is 21.7. The fourth-order valence-corrected chi connectivity index (χ4v) is 9.91. The molecule has 7 atom stereocenters. The Balaban J connectivity index is 1.68. The topological polar surface area (TPSA) is 432 Å². The van der Waals surface area contributed by atoms with Crippen LogP contribution in [0.2, 0.25) is 0 Å². The molecule has 0 unspecified atom stereocenters. The Hall–Kier alpha value is -7.62. The van der Waals surface area contributed by atoms with Gasteiger partial charge in [0.2, 0.25) is 59.1 Å². The van der Waals surface area contributed by atoms with Crippen LogP contribution in [0, 0.1) is 0 Å². The molecule has 0 spiro atoms. The number of aromatic hydroxyl groups is 1. The number of hydrogen-bond donors (Lipinski definition) is 13. The number of aliphatic imine (C=N–C) groups is 1. The summed E-state index contributed by atoms with van der Waals surface area (Å²) in [6, 6.07) is 4.21. The van der Waals surface area contributed by atoms with Crippen molar-refractivity contribution < 1.29 is 63.0 Å². The Bertz CT molecular complexity index is 2380. The molecule has 2 aromatic rings. The Morgan fingerprint density at radius 3 is 2.00 bits per heavy atom. The molecular weight excluding hydrogens is 1010 g/mol. The van der Waals surface area contributed by atoms with E-state index in [1.54, 1.807) is 42.5 Å². The molecule has 26 nitrogen and oxygen atoms in total. The number of phenolic OH excluding ortho intramolecular Hbond substituents is 1. The molecule has 2 aliphatic rings. The minimum atomic E-state index is -1.80. The molecule has 402 valence electrons. The van der Waals surface area contributed by atoms with Crippen molar-refractivity contribution in [1.29, 1.82) is 0 Å². The molecule has 10 amide bonds. The number of carbonyl (C=O) groups excluding carboxylic acids is 10. The number of amides is 10. The van der Waals surface area contributed by atoms with Gasteiger partial charge in [-0.1, -0.05) is 64.1 Å². The Kier molecular flexibility index (Phi) is 23.7. The van der Waals surface area contributed by atoms with Gasteiger partial charge in [0.25, 0.3) is 0 Å². The predicted molar refractivity (Wildman–Crippen MR) is 271 cm³/mol. The molecule has 17 N–H and O–H groups in total. The minimum Gasteiger partial charge on any atom is -0.508 e. The summed E-state index contributed by atoms with van der Waals surface area (Å²) in [5, 5.41) is 37.2. The lowest BCUT2D eigenvalue weighted by molar-refractivity contribution is -0.142. The Morgan fingerprint density at radius 1 is 0.757 bits per heavy atom. The summed E-state index contributed by atoms with van der Waals surface area (Å²) in [6.45, 7) is -0.422. The average Bonchev–Trinajstić information content (AvgIpc) is 3.85. The van der Waals surface area contributed by atoms with Gasteiger partial charge in [0.1, 0.15) is 48.0 Å². The van der Waals surface area contributed by atoms with Crippen LogP contribution in [-0.2, 0) is 65.6 Å². The van der Waals surface area contributed by atoms with Crippen LogP contribution in [0.4, 0.5) is 0 Å². The van der Waals surface area contributed by atoms with Gasteiger partial charge in [0, 0.05) is 50.3 Å². The summed E-state index contributed by atoms with van der Waals surface area (Å²) in [5.41, 5.74) is 22.6. The lowest BCUT2D eigenvalue weighted by atomic mass is 10.0. The van der Waals surface area contributed by atoms with Gasteiger partial charge >= 0.3 is 5.97 Å². The first-order valence-corrected chi connectivity index (χ1v) is 26.0. The second-order valence-electron chi connectivity index (χ2n) is 17.3. The molecule has 2 heterocycles. The number of carboxylic acids is 1. The standard InChI is InChI=1S/C46H63N13O13S2/c47-35(61)22-32-43(70)58-33(45(72)59-18-5-9-34(59)44(71)55-28(8-4-17-51-46(49)50)39(66)52-23-36(48)62)24-74-73-19-16-37(63)53-30(21-26-10-12-27(60)13-11-26)41(68)56-31(20-25-6-2-1-3-7-25)42(69)54-29(40(67)57-32)14-15-38(64)65/h1-3,6-7,10-13,28-34,60H,4-5,8-9,14-24H2,(H2,47,61)(H2,48,62)(H,52,66)(H,53,63)(H,54,69)(H,55,71)(H,56,68)(H,57,67)(H,58,70)(H,64,65)(H4,49,50,51)/t28-,29+,30+,31+,32+,33+,34+/m1/s1. The number of carbonyl (C=O) groups is 11. The molecule has 2 aliphatic heterocycles. The van der Waals surface area contributed by atoms with E-state index in [1.807, 2.05) is 0 Å². The van der Waals surface area contributed by atoms with E-state index >= 15 is 0 Å². The zero-order chi connectivity index (χ0) is 54.3. The van der Waals surface area contributed by atoms with Crippen molar-refractivity contribution in [2.45, 2.75) is 107 Å². The van der Waals surface area contributed by atoms with Crippen LogP contribution in [0.5, 0.6) is 5.75 Å². The minimum absolute atomic E-state index is 0.00665. The van der Waals surface area contributed by atoms with E-state index in [1.165, 1.54) is 17.0 Å². The van der Waals surface area contributed by atoms with Gasteiger partial charge in [-0.15, -0.1) is 0 Å². The molecule has 0 saturated carbocycles. The fraction of sp³-hybridized carbons (Fsp3) is 0.478. The third kappa shape index (κ3) is 20.1. The molecule has 28 heteroatoms. The number of rotatable bonds is 19. The van der Waals surface area contributed by atoms with Crippen molar-refractivity contribution in [1.82, 2.24) is 42.1 Å². The second-order valence-corrected chi connectivity index (χ2v) is 19.9. The summed E-state index contributed by atoms with van der Waals surface area (Å²) in [4.78, 5) is 152. The molecule has 2 fully saturated rings. The van der Waals surface area contributed by atoms with Crippen molar-refractivity contribution in [3.8, 4) is 5.75 Å². The van der Waals surface area contributed by atoms with Crippen LogP contribution in [0.25, 0.3) is 0 Å². The molecule has 2 aromatic carbocycles. The first-order chi connectivity index (χ1) is 35.2. The number of aliphatic carboxylic acids is 1. The zero-order valence-corrected chi connectivity index (χ0v) is 41.9. The van der Waals surface area contributed by atoms with Gasteiger partial charge < -0.3 is 75.3 Å². The smallest absolute Gasteiger partial charge is 0.303 e. The predicted octanol–water partition coefficient (Wildman–Crippen LogP) is -3.74. The van der Waals surface area contributed by atoms with E-state index in [2.05, 4.69) is 42.2 Å². The largest absolute Gasteiger partial charge is 0.508 e. The van der Waals surface area contributed by atoms with Crippen molar-refractivity contribution in [3.05, 3.63) is 65.7 Å². The summed E-state index contributed by atoms with van der Waals surface area (Å²) in [7, 11) is 2.17. The van der Waals surface area contributed by atoms with Crippen molar-refractivity contribution >= 4 is 92.6 Å². The highest BCUT2D eigenvalue weighted by Gasteiger charge is 2.40. The van der Waals surface area contributed by atoms with Gasteiger partial charge in [-0.2, -0.15) is 0 Å². The van der Waals surface area contributed by atoms with Crippen LogP contribution in [0.1, 0.15) is 62.5 Å². The maximum Gasteiger partial charge on any atom is 0.303 e. The highest BCUT2D eigenvalue weighted by atomic mass is 33.1. The molecule has 0 bridgehead atoms. The first-order valence-electron chi connectivity index (χ1n) is 23.5.